The van der Waals surface area contributed by atoms with E-state index < -0.39 is 40.2 Å². The highest BCUT2D eigenvalue weighted by molar-refractivity contribution is 5.98. The Morgan fingerprint density at radius 3 is 2.48 bits per heavy atom. The lowest BCUT2D eigenvalue weighted by Gasteiger charge is -2.52. The third-order valence-electron chi connectivity index (χ3n) is 4.90. The minimum Gasteiger partial charge on any atom is -0.420 e. The van der Waals surface area contributed by atoms with Crippen molar-refractivity contribution in [3.8, 4) is 0 Å². The Morgan fingerprint density at radius 2 is 2.00 bits per heavy atom. The van der Waals surface area contributed by atoms with Gasteiger partial charge in [-0.25, -0.2) is 4.79 Å². The minimum atomic E-state index is -0.984. The first-order chi connectivity index (χ1) is 10.5. The summed E-state index contributed by atoms with van der Waals surface area (Å²) in [5.41, 5.74) is -3.15. The van der Waals surface area contributed by atoms with Crippen molar-refractivity contribution in [1.29, 1.82) is 0 Å². The van der Waals surface area contributed by atoms with Crippen molar-refractivity contribution in [2.45, 2.75) is 64.6 Å². The van der Waals surface area contributed by atoms with Crippen molar-refractivity contribution < 1.29 is 14.3 Å². The molecule has 0 aliphatic carbocycles. The van der Waals surface area contributed by atoms with Gasteiger partial charge in [0.1, 0.15) is 22.3 Å². The molecule has 0 unspecified atom stereocenters. The Kier molecular flexibility index (Phi) is 4.49. The summed E-state index contributed by atoms with van der Waals surface area (Å²) in [6, 6.07) is 1.27. The molecule has 1 aromatic rings. The summed E-state index contributed by atoms with van der Waals surface area (Å²) in [4.78, 5) is 25.5. The molecule has 1 aromatic heterocycles. The van der Waals surface area contributed by atoms with E-state index in [1.165, 1.54) is 16.8 Å². The highest BCUT2D eigenvalue weighted by atomic mass is 28.2. The fourth-order valence-electron chi connectivity index (χ4n) is 3.80. The zero-order valence-electron chi connectivity index (χ0n) is 14.5. The van der Waals surface area contributed by atoms with Crippen LogP contribution in [0.5, 0.6) is 0 Å². The second-order valence-electron chi connectivity index (χ2n) is 7.54. The molecular formula is C15H26N2O5Si. The molecule has 1 aliphatic rings. The Labute approximate surface area is 138 Å². The van der Waals surface area contributed by atoms with Crippen molar-refractivity contribution in [3.05, 3.63) is 33.1 Å². The maximum Gasteiger partial charge on any atom is 0.330 e. The molecule has 0 saturated carbocycles. The van der Waals surface area contributed by atoms with Crippen molar-refractivity contribution >= 4 is 10.5 Å². The molecule has 3 atom stereocenters. The first kappa shape index (κ1) is 18.1. The van der Waals surface area contributed by atoms with Gasteiger partial charge < -0.3 is 14.3 Å². The number of H-pyrrole nitrogens is 1. The van der Waals surface area contributed by atoms with Crippen LogP contribution in [0.3, 0.4) is 0 Å². The molecule has 1 saturated heterocycles. The monoisotopic (exact) mass is 342 g/mol. The van der Waals surface area contributed by atoms with Gasteiger partial charge in [0, 0.05) is 18.7 Å². The summed E-state index contributed by atoms with van der Waals surface area (Å²) in [5, 5.41) is 10.8. The molecule has 7 nitrogen and oxygen atoms in total. The second kappa shape index (κ2) is 5.69. The van der Waals surface area contributed by atoms with Gasteiger partial charge in [-0.15, -0.1) is 0 Å². The van der Waals surface area contributed by atoms with Gasteiger partial charge in [0.15, 0.2) is 0 Å². The molecule has 1 fully saturated rings. The van der Waals surface area contributed by atoms with Gasteiger partial charge in [0.2, 0.25) is 0 Å². The van der Waals surface area contributed by atoms with E-state index in [0.29, 0.717) is 10.5 Å². The zero-order valence-corrected chi connectivity index (χ0v) is 16.5. The average Bonchev–Trinajstić information content (AvgIpc) is 2.77. The molecule has 0 spiro atoms. The van der Waals surface area contributed by atoms with E-state index in [1.54, 1.807) is 0 Å². The number of hydrogen-bond acceptors (Lipinski definition) is 5. The molecule has 1 aliphatic heterocycles. The van der Waals surface area contributed by atoms with Crippen LogP contribution in [0, 0.1) is 5.41 Å². The quantitative estimate of drug-likeness (QED) is 0.734. The first-order valence-corrected chi connectivity index (χ1v) is 8.50. The van der Waals surface area contributed by atoms with Crippen molar-refractivity contribution in [2.75, 3.05) is 0 Å². The molecule has 2 heterocycles. The van der Waals surface area contributed by atoms with Crippen LogP contribution < -0.4 is 11.2 Å². The van der Waals surface area contributed by atoms with E-state index in [9.17, 15) is 14.7 Å². The normalized spacial score (nSPS) is 29.1. The standard InChI is InChI=1S/C15H26N2O5Si/c1-13(2,3)15(14(4,5)22-23)9(18)8-11(21-15)17-7-6-10(19)16-12(17)20/h6-7,9,11,18H,8H2,1-5,23H3,(H,16,19,20)/t9-,11+,15+/m0/s1. The highest BCUT2D eigenvalue weighted by Crippen LogP contribution is 2.53. The summed E-state index contributed by atoms with van der Waals surface area (Å²) in [6.45, 7) is 9.74. The van der Waals surface area contributed by atoms with Crippen LogP contribution in [-0.4, -0.2) is 42.4 Å². The van der Waals surface area contributed by atoms with Gasteiger partial charge in [0.25, 0.3) is 5.56 Å². The maximum atomic E-state index is 12.0. The largest absolute Gasteiger partial charge is 0.420 e. The molecule has 2 rings (SSSR count). The summed E-state index contributed by atoms with van der Waals surface area (Å²) in [7, 11) is 0.493. The van der Waals surface area contributed by atoms with E-state index in [2.05, 4.69) is 4.98 Å². The van der Waals surface area contributed by atoms with Crippen LogP contribution in [0.25, 0.3) is 0 Å². The summed E-state index contributed by atoms with van der Waals surface area (Å²) in [6.07, 6.45) is 0.170. The van der Waals surface area contributed by atoms with Gasteiger partial charge in [-0.05, 0) is 19.3 Å². The fourth-order valence-corrected chi connectivity index (χ4v) is 4.10. The summed E-state index contributed by atoms with van der Waals surface area (Å²) >= 11 is 0. The van der Waals surface area contributed by atoms with E-state index in [1.807, 2.05) is 34.6 Å². The molecule has 130 valence electrons. The Bertz CT molecular complexity index is 690. The molecule has 0 amide bonds. The van der Waals surface area contributed by atoms with Gasteiger partial charge in [-0.2, -0.15) is 0 Å². The van der Waals surface area contributed by atoms with Crippen LogP contribution in [-0.2, 0) is 9.16 Å². The topological polar surface area (TPSA) is 93.5 Å². The number of aromatic nitrogens is 2. The average molecular weight is 342 g/mol. The Morgan fingerprint density at radius 1 is 1.39 bits per heavy atom. The molecule has 23 heavy (non-hydrogen) atoms. The van der Waals surface area contributed by atoms with Crippen LogP contribution in [0.15, 0.2) is 21.9 Å². The molecular weight excluding hydrogens is 316 g/mol. The van der Waals surface area contributed by atoms with Gasteiger partial charge in [-0.3, -0.25) is 14.3 Å². The predicted octanol–water partition coefficient (Wildman–Crippen LogP) is -0.323. The fraction of sp³-hybridized carbons (Fsp3) is 0.733. The maximum absolute atomic E-state index is 12.0. The van der Waals surface area contributed by atoms with Gasteiger partial charge >= 0.3 is 5.69 Å². The Balaban J connectivity index is 2.53. The van der Waals surface area contributed by atoms with E-state index in [-0.39, 0.29) is 6.42 Å². The number of nitrogens with one attached hydrogen (secondary N) is 1. The smallest absolute Gasteiger partial charge is 0.330 e. The van der Waals surface area contributed by atoms with E-state index in [0.717, 1.165) is 0 Å². The highest BCUT2D eigenvalue weighted by Gasteiger charge is 2.64. The number of aliphatic hydroxyl groups excluding tert-OH is 1. The number of ether oxygens (including phenoxy) is 1. The predicted molar refractivity (Wildman–Crippen MR) is 89.4 cm³/mol. The minimum absolute atomic E-state index is 0.248. The van der Waals surface area contributed by atoms with Crippen molar-refractivity contribution in [3.63, 3.8) is 0 Å². The van der Waals surface area contributed by atoms with Crippen molar-refractivity contribution in [1.82, 2.24) is 9.55 Å². The lowest BCUT2D eigenvalue weighted by atomic mass is 9.65. The lowest BCUT2D eigenvalue weighted by molar-refractivity contribution is -0.238. The number of aromatic amines is 1. The summed E-state index contributed by atoms with van der Waals surface area (Å²) < 4.78 is 13.3. The lowest BCUT2D eigenvalue weighted by Crippen LogP contribution is -2.65. The number of hydrogen-bond donors (Lipinski definition) is 2. The van der Waals surface area contributed by atoms with E-state index in [4.69, 9.17) is 9.16 Å². The molecule has 0 radical (unpaired) electrons. The Hall–Kier alpha value is -1.22. The molecule has 0 bridgehead atoms. The van der Waals surface area contributed by atoms with Gasteiger partial charge in [-0.1, -0.05) is 20.8 Å². The SMILES string of the molecule is CC(C)(C)[C@]1(C(C)(C)O[SiH3])O[C@@H](n2ccc(=O)[nH]c2=O)C[C@@H]1O. The molecule has 2 N–H and O–H groups in total. The van der Waals surface area contributed by atoms with Crippen LogP contribution in [0.2, 0.25) is 0 Å². The van der Waals surface area contributed by atoms with Crippen LogP contribution in [0.1, 0.15) is 47.3 Å². The molecule has 8 heteroatoms. The molecule has 0 aromatic carbocycles. The van der Waals surface area contributed by atoms with Crippen molar-refractivity contribution in [2.24, 2.45) is 5.41 Å². The number of aliphatic hydroxyl groups is 1. The third-order valence-corrected chi connectivity index (χ3v) is 5.92. The summed E-state index contributed by atoms with van der Waals surface area (Å²) in [5.74, 6) is 0. The van der Waals surface area contributed by atoms with Crippen LogP contribution >= 0.6 is 0 Å². The third kappa shape index (κ3) is 2.73. The van der Waals surface area contributed by atoms with E-state index >= 15 is 0 Å². The number of rotatable bonds is 3. The van der Waals surface area contributed by atoms with Crippen LogP contribution in [0.4, 0.5) is 0 Å². The zero-order chi connectivity index (χ0) is 17.6. The second-order valence-corrected chi connectivity index (χ2v) is 7.95. The first-order valence-electron chi connectivity index (χ1n) is 7.69. The number of nitrogens with zero attached hydrogens (tertiary/aromatic N) is 1. The van der Waals surface area contributed by atoms with Gasteiger partial charge in [0.05, 0.1) is 11.7 Å².